The predicted molar refractivity (Wildman–Crippen MR) is 67.7 cm³/mol. The van der Waals surface area contributed by atoms with E-state index in [1.54, 1.807) is 12.1 Å². The summed E-state index contributed by atoms with van der Waals surface area (Å²) in [6.07, 6.45) is 0.165. The van der Waals surface area contributed by atoms with Crippen LogP contribution in [-0.2, 0) is 4.74 Å². The van der Waals surface area contributed by atoms with Gasteiger partial charge in [-0.1, -0.05) is 0 Å². The Morgan fingerprint density at radius 3 is 2.71 bits per heavy atom. The molecule has 0 aliphatic rings. The molecule has 0 unspecified atom stereocenters. The number of halogens is 1. The van der Waals surface area contributed by atoms with Gasteiger partial charge in [-0.3, -0.25) is 0 Å². The summed E-state index contributed by atoms with van der Waals surface area (Å²) in [4.78, 5) is 10.9. The summed E-state index contributed by atoms with van der Waals surface area (Å²) in [6, 6.07) is 4.86. The van der Waals surface area contributed by atoms with Crippen molar-refractivity contribution in [2.24, 2.45) is 0 Å². The number of benzene rings is 1. The molecule has 17 heavy (non-hydrogen) atoms. The lowest BCUT2D eigenvalue weighted by atomic mass is 10.2. The smallest absolute Gasteiger partial charge is 0.336 e. The topological polar surface area (TPSA) is 55.8 Å². The molecule has 0 atom stereocenters. The van der Waals surface area contributed by atoms with Gasteiger partial charge in [-0.25, -0.2) is 4.79 Å². The Kier molecular flexibility index (Phi) is 5.44. The second kappa shape index (κ2) is 6.61. The van der Waals surface area contributed by atoms with Gasteiger partial charge >= 0.3 is 5.97 Å². The third-order valence-electron chi connectivity index (χ3n) is 1.97. The van der Waals surface area contributed by atoms with E-state index in [0.717, 1.165) is 0 Å². The minimum atomic E-state index is -0.985. The van der Waals surface area contributed by atoms with E-state index in [-0.39, 0.29) is 11.7 Å². The number of carbonyl (C=O) groups is 1. The van der Waals surface area contributed by atoms with Crippen molar-refractivity contribution in [2.75, 3.05) is 13.2 Å². The molecule has 1 rings (SSSR count). The second-order valence-electron chi connectivity index (χ2n) is 3.71. The molecule has 1 N–H and O–H groups in total. The van der Waals surface area contributed by atoms with Crippen LogP contribution in [0.3, 0.4) is 0 Å². The minimum absolute atomic E-state index is 0.165. The highest BCUT2D eigenvalue weighted by Gasteiger charge is 2.09. The van der Waals surface area contributed by atoms with Crippen LogP contribution in [0.25, 0.3) is 0 Å². The van der Waals surface area contributed by atoms with Crippen molar-refractivity contribution in [2.45, 2.75) is 20.0 Å². The molecule has 0 saturated heterocycles. The SMILES string of the molecule is CC(C)OCCOc1ccc(Br)c(C(=O)O)c1. The van der Waals surface area contributed by atoms with Crippen LogP contribution in [0.1, 0.15) is 24.2 Å². The fraction of sp³-hybridized carbons (Fsp3) is 0.417. The molecule has 1 aromatic rings. The second-order valence-corrected chi connectivity index (χ2v) is 4.57. The van der Waals surface area contributed by atoms with Crippen molar-refractivity contribution in [3.8, 4) is 5.75 Å². The summed E-state index contributed by atoms with van der Waals surface area (Å²) in [5.74, 6) is -0.460. The Hall–Kier alpha value is -1.07. The fourth-order valence-corrected chi connectivity index (χ4v) is 1.62. The monoisotopic (exact) mass is 302 g/mol. The zero-order valence-corrected chi connectivity index (χ0v) is 11.4. The number of hydrogen-bond acceptors (Lipinski definition) is 3. The third kappa shape index (κ3) is 4.75. The van der Waals surface area contributed by atoms with Crippen LogP contribution in [0.5, 0.6) is 5.75 Å². The Bertz CT molecular complexity index is 390. The lowest BCUT2D eigenvalue weighted by Crippen LogP contribution is -2.11. The summed E-state index contributed by atoms with van der Waals surface area (Å²) < 4.78 is 11.2. The zero-order valence-electron chi connectivity index (χ0n) is 9.77. The molecule has 0 aromatic heterocycles. The van der Waals surface area contributed by atoms with Gasteiger partial charge in [0.15, 0.2) is 0 Å². The van der Waals surface area contributed by atoms with Crippen molar-refractivity contribution in [3.05, 3.63) is 28.2 Å². The highest BCUT2D eigenvalue weighted by molar-refractivity contribution is 9.10. The lowest BCUT2D eigenvalue weighted by molar-refractivity contribution is 0.0552. The number of aromatic carboxylic acids is 1. The fourth-order valence-electron chi connectivity index (χ4n) is 1.20. The average molecular weight is 303 g/mol. The molecule has 0 amide bonds. The first-order valence-corrected chi connectivity index (χ1v) is 6.07. The molecule has 0 radical (unpaired) electrons. The van der Waals surface area contributed by atoms with Gasteiger partial charge < -0.3 is 14.6 Å². The van der Waals surface area contributed by atoms with E-state index in [4.69, 9.17) is 14.6 Å². The van der Waals surface area contributed by atoms with E-state index in [0.29, 0.717) is 23.4 Å². The quantitative estimate of drug-likeness (QED) is 0.821. The van der Waals surface area contributed by atoms with Gasteiger partial charge in [0.05, 0.1) is 18.3 Å². The van der Waals surface area contributed by atoms with Crippen LogP contribution in [0.15, 0.2) is 22.7 Å². The average Bonchev–Trinajstić information content (AvgIpc) is 2.25. The molecule has 0 saturated carbocycles. The molecule has 0 fully saturated rings. The number of rotatable bonds is 6. The first kappa shape index (κ1) is 14.0. The van der Waals surface area contributed by atoms with Gasteiger partial charge in [0.2, 0.25) is 0 Å². The molecule has 94 valence electrons. The van der Waals surface area contributed by atoms with E-state index in [1.165, 1.54) is 6.07 Å². The van der Waals surface area contributed by atoms with Gasteiger partial charge in [0.1, 0.15) is 12.4 Å². The van der Waals surface area contributed by atoms with Crippen LogP contribution in [0, 0.1) is 0 Å². The number of ether oxygens (including phenoxy) is 2. The number of carboxylic acids is 1. The summed E-state index contributed by atoms with van der Waals surface area (Å²) >= 11 is 3.17. The van der Waals surface area contributed by atoms with Crippen molar-refractivity contribution in [1.29, 1.82) is 0 Å². The summed E-state index contributed by atoms with van der Waals surface area (Å²) in [5.41, 5.74) is 0.187. The molecule has 0 aliphatic heterocycles. The normalized spacial score (nSPS) is 10.6. The molecular weight excluding hydrogens is 288 g/mol. The van der Waals surface area contributed by atoms with Crippen LogP contribution < -0.4 is 4.74 Å². The predicted octanol–water partition coefficient (Wildman–Crippen LogP) is 2.95. The maximum atomic E-state index is 10.9. The zero-order chi connectivity index (χ0) is 12.8. The molecular formula is C12H15BrO4. The van der Waals surface area contributed by atoms with Crippen molar-refractivity contribution in [3.63, 3.8) is 0 Å². The maximum absolute atomic E-state index is 10.9. The first-order chi connectivity index (χ1) is 8.00. The van der Waals surface area contributed by atoms with E-state index >= 15 is 0 Å². The minimum Gasteiger partial charge on any atom is -0.491 e. The summed E-state index contributed by atoms with van der Waals surface area (Å²) in [6.45, 7) is 4.78. The van der Waals surface area contributed by atoms with Crippen LogP contribution >= 0.6 is 15.9 Å². The van der Waals surface area contributed by atoms with Gasteiger partial charge in [-0.2, -0.15) is 0 Å². The van der Waals surface area contributed by atoms with E-state index in [1.807, 2.05) is 13.8 Å². The van der Waals surface area contributed by atoms with E-state index in [2.05, 4.69) is 15.9 Å². The standard InChI is InChI=1S/C12H15BrO4/c1-8(2)16-5-6-17-9-3-4-11(13)10(7-9)12(14)15/h3-4,7-8H,5-6H2,1-2H3,(H,14,15). The van der Waals surface area contributed by atoms with E-state index < -0.39 is 5.97 Å². The summed E-state index contributed by atoms with van der Waals surface area (Å²) in [7, 11) is 0. The largest absolute Gasteiger partial charge is 0.491 e. The number of carboxylic acid groups (broad SMARTS) is 1. The maximum Gasteiger partial charge on any atom is 0.336 e. The molecule has 5 heteroatoms. The third-order valence-corrected chi connectivity index (χ3v) is 2.66. The summed E-state index contributed by atoms with van der Waals surface area (Å²) in [5, 5.41) is 8.92. The highest BCUT2D eigenvalue weighted by atomic mass is 79.9. The van der Waals surface area contributed by atoms with Gasteiger partial charge in [0, 0.05) is 4.47 Å². The Morgan fingerprint density at radius 1 is 1.41 bits per heavy atom. The molecule has 0 heterocycles. The van der Waals surface area contributed by atoms with Crippen molar-refractivity contribution >= 4 is 21.9 Å². The van der Waals surface area contributed by atoms with Crippen molar-refractivity contribution < 1.29 is 19.4 Å². The molecule has 0 bridgehead atoms. The lowest BCUT2D eigenvalue weighted by Gasteiger charge is -2.10. The van der Waals surface area contributed by atoms with Crippen LogP contribution in [-0.4, -0.2) is 30.4 Å². The Balaban J connectivity index is 2.54. The van der Waals surface area contributed by atoms with Crippen LogP contribution in [0.4, 0.5) is 0 Å². The van der Waals surface area contributed by atoms with Gasteiger partial charge in [0.25, 0.3) is 0 Å². The molecule has 0 aliphatic carbocycles. The van der Waals surface area contributed by atoms with Crippen molar-refractivity contribution in [1.82, 2.24) is 0 Å². The van der Waals surface area contributed by atoms with E-state index in [9.17, 15) is 4.79 Å². The molecule has 0 spiro atoms. The van der Waals surface area contributed by atoms with Gasteiger partial charge in [-0.15, -0.1) is 0 Å². The highest BCUT2D eigenvalue weighted by Crippen LogP contribution is 2.22. The molecule has 4 nitrogen and oxygen atoms in total. The Labute approximate surface area is 109 Å². The van der Waals surface area contributed by atoms with Gasteiger partial charge in [-0.05, 0) is 48.0 Å². The van der Waals surface area contributed by atoms with Crippen LogP contribution in [0.2, 0.25) is 0 Å². The molecule has 1 aromatic carbocycles. The first-order valence-electron chi connectivity index (χ1n) is 5.28. The number of hydrogen-bond donors (Lipinski definition) is 1. The Morgan fingerprint density at radius 2 is 2.12 bits per heavy atom.